The van der Waals surface area contributed by atoms with Crippen LogP contribution in [-0.2, 0) is 0 Å². The van der Waals surface area contributed by atoms with E-state index >= 15 is 0 Å². The topological polar surface area (TPSA) is 6.48 Å². The molecule has 0 aliphatic carbocycles. The van der Waals surface area contributed by atoms with Crippen LogP contribution in [0.25, 0.3) is 0 Å². The molecule has 1 aliphatic heterocycles. The fourth-order valence-electron chi connectivity index (χ4n) is 2.50. The summed E-state index contributed by atoms with van der Waals surface area (Å²) in [7, 11) is 0. The molecule has 3 rings (SSSR count). The van der Waals surface area contributed by atoms with E-state index in [1.165, 1.54) is 11.4 Å². The number of anilines is 2. The van der Waals surface area contributed by atoms with Crippen molar-refractivity contribution in [3.63, 3.8) is 0 Å². The van der Waals surface area contributed by atoms with Crippen LogP contribution in [0.1, 0.15) is 0 Å². The number of nitrogens with zero attached hydrogens (tertiary/aromatic N) is 2. The molecule has 0 aromatic heterocycles. The van der Waals surface area contributed by atoms with Crippen molar-refractivity contribution in [1.82, 2.24) is 0 Å². The van der Waals surface area contributed by atoms with Crippen molar-refractivity contribution in [3.05, 3.63) is 60.7 Å². The first-order chi connectivity index (χ1) is 8.93. The van der Waals surface area contributed by atoms with Gasteiger partial charge in [0.25, 0.3) is 0 Å². The molecule has 0 atom stereocenters. The molecule has 94 valence electrons. The molecule has 1 heterocycles. The molecule has 0 N–H and O–H groups in total. The largest absolute Gasteiger partial charge is 0.368 e. The fraction of sp³-hybridized carbons (Fsp3) is 0.250. The molecule has 2 nitrogen and oxygen atoms in total. The molecule has 0 bridgehead atoms. The van der Waals surface area contributed by atoms with E-state index < -0.39 is 0 Å². The molecule has 0 amide bonds. The molecular formula is C16H18CaN2. The maximum atomic E-state index is 2.46. The molecule has 1 aliphatic rings. The van der Waals surface area contributed by atoms with E-state index in [-0.39, 0.29) is 37.7 Å². The Kier molecular flexibility index (Phi) is 5.56. The molecule has 1 fully saturated rings. The molecule has 3 heteroatoms. The van der Waals surface area contributed by atoms with Crippen molar-refractivity contribution < 1.29 is 0 Å². The Labute approximate surface area is 145 Å². The van der Waals surface area contributed by atoms with Gasteiger partial charge in [-0.25, -0.2) is 0 Å². The second kappa shape index (κ2) is 7.18. The van der Waals surface area contributed by atoms with Crippen molar-refractivity contribution in [2.75, 3.05) is 36.0 Å². The summed E-state index contributed by atoms with van der Waals surface area (Å²) >= 11 is 0. The van der Waals surface area contributed by atoms with Gasteiger partial charge in [0.2, 0.25) is 0 Å². The summed E-state index contributed by atoms with van der Waals surface area (Å²) in [6, 6.07) is 21.4. The van der Waals surface area contributed by atoms with Gasteiger partial charge < -0.3 is 9.80 Å². The van der Waals surface area contributed by atoms with Gasteiger partial charge in [-0.05, 0) is 24.3 Å². The average molecular weight is 278 g/mol. The fourth-order valence-corrected chi connectivity index (χ4v) is 2.50. The minimum Gasteiger partial charge on any atom is -0.368 e. The zero-order valence-electron chi connectivity index (χ0n) is 11.2. The van der Waals surface area contributed by atoms with E-state index in [9.17, 15) is 0 Å². The minimum absolute atomic E-state index is 0. The SMILES string of the molecule is [Ca].c1ccc(N2CCN(c3ccccc3)CC2)cc1. The Hall–Kier alpha value is -0.700. The Morgan fingerprint density at radius 3 is 1.16 bits per heavy atom. The van der Waals surface area contributed by atoms with Crippen molar-refractivity contribution in [3.8, 4) is 0 Å². The second-order valence-corrected chi connectivity index (χ2v) is 4.65. The molecule has 2 radical (unpaired) electrons. The monoisotopic (exact) mass is 278 g/mol. The van der Waals surface area contributed by atoms with Crippen LogP contribution in [0, 0.1) is 0 Å². The van der Waals surface area contributed by atoms with Crippen LogP contribution in [-0.4, -0.2) is 63.9 Å². The van der Waals surface area contributed by atoms with Crippen LogP contribution in [0.4, 0.5) is 11.4 Å². The zero-order chi connectivity index (χ0) is 12.2. The van der Waals surface area contributed by atoms with Gasteiger partial charge in [-0.1, -0.05) is 36.4 Å². The smallest absolute Gasteiger partial charge is 0.0367 e. The van der Waals surface area contributed by atoms with Crippen LogP contribution in [0.3, 0.4) is 0 Å². The Morgan fingerprint density at radius 1 is 0.526 bits per heavy atom. The van der Waals surface area contributed by atoms with Crippen molar-refractivity contribution in [2.24, 2.45) is 0 Å². The maximum Gasteiger partial charge on any atom is 0.0367 e. The third-order valence-electron chi connectivity index (χ3n) is 3.52. The van der Waals surface area contributed by atoms with E-state index in [4.69, 9.17) is 0 Å². The maximum absolute atomic E-state index is 2.46. The minimum atomic E-state index is 0. The van der Waals surface area contributed by atoms with Gasteiger partial charge in [0, 0.05) is 75.3 Å². The van der Waals surface area contributed by atoms with Crippen LogP contribution in [0.15, 0.2) is 60.7 Å². The molecule has 19 heavy (non-hydrogen) atoms. The number of piperazine rings is 1. The first-order valence-corrected chi connectivity index (χ1v) is 6.53. The summed E-state index contributed by atoms with van der Waals surface area (Å²) in [5.74, 6) is 0. The van der Waals surface area contributed by atoms with E-state index in [0.717, 1.165) is 26.2 Å². The first kappa shape index (κ1) is 14.7. The quantitative estimate of drug-likeness (QED) is 0.779. The van der Waals surface area contributed by atoms with Gasteiger partial charge in [-0.15, -0.1) is 0 Å². The van der Waals surface area contributed by atoms with Crippen LogP contribution in [0.5, 0.6) is 0 Å². The molecule has 1 saturated heterocycles. The van der Waals surface area contributed by atoms with Gasteiger partial charge >= 0.3 is 0 Å². The van der Waals surface area contributed by atoms with Crippen LogP contribution < -0.4 is 9.80 Å². The van der Waals surface area contributed by atoms with Gasteiger partial charge in [-0.2, -0.15) is 0 Å². The predicted octanol–water partition coefficient (Wildman–Crippen LogP) is 2.63. The third-order valence-corrected chi connectivity index (χ3v) is 3.52. The second-order valence-electron chi connectivity index (χ2n) is 4.65. The number of rotatable bonds is 2. The number of benzene rings is 2. The van der Waals surface area contributed by atoms with E-state index in [1.54, 1.807) is 0 Å². The summed E-state index contributed by atoms with van der Waals surface area (Å²) in [6.45, 7) is 4.38. The number of hydrogen-bond donors (Lipinski definition) is 0. The molecular weight excluding hydrogens is 260 g/mol. The van der Waals surface area contributed by atoms with E-state index in [0.29, 0.717) is 0 Å². The Bertz CT molecular complexity index is 431. The number of hydrogen-bond acceptors (Lipinski definition) is 2. The van der Waals surface area contributed by atoms with Crippen molar-refractivity contribution in [2.45, 2.75) is 0 Å². The van der Waals surface area contributed by atoms with Gasteiger partial charge in [0.05, 0.1) is 0 Å². The van der Waals surface area contributed by atoms with E-state index in [1.807, 2.05) is 0 Å². The number of para-hydroxylation sites is 2. The molecule has 2 aromatic rings. The summed E-state index contributed by atoms with van der Waals surface area (Å²) in [6.07, 6.45) is 0. The average Bonchev–Trinajstić information content (AvgIpc) is 2.49. The van der Waals surface area contributed by atoms with Gasteiger partial charge in [0.1, 0.15) is 0 Å². The van der Waals surface area contributed by atoms with Crippen LogP contribution >= 0.6 is 0 Å². The molecule has 0 spiro atoms. The van der Waals surface area contributed by atoms with Gasteiger partial charge in [0.15, 0.2) is 0 Å². The normalized spacial score (nSPS) is 14.9. The summed E-state index contributed by atoms with van der Waals surface area (Å²) in [5, 5.41) is 0. The Morgan fingerprint density at radius 2 is 0.842 bits per heavy atom. The summed E-state index contributed by atoms with van der Waals surface area (Å²) < 4.78 is 0. The Balaban J connectivity index is 0.00000133. The first-order valence-electron chi connectivity index (χ1n) is 6.53. The predicted molar refractivity (Wildman–Crippen MR) is 83.1 cm³/mol. The zero-order valence-corrected chi connectivity index (χ0v) is 13.4. The molecule has 0 saturated carbocycles. The summed E-state index contributed by atoms with van der Waals surface area (Å²) in [5.41, 5.74) is 2.68. The summed E-state index contributed by atoms with van der Waals surface area (Å²) in [4.78, 5) is 4.92. The van der Waals surface area contributed by atoms with Crippen molar-refractivity contribution >= 4 is 49.1 Å². The third kappa shape index (κ3) is 3.65. The van der Waals surface area contributed by atoms with Crippen LogP contribution in [0.2, 0.25) is 0 Å². The molecule has 2 aromatic carbocycles. The van der Waals surface area contributed by atoms with Crippen molar-refractivity contribution in [1.29, 1.82) is 0 Å². The standard InChI is InChI=1S/C16H18N2.Ca/c1-3-7-15(8-4-1)17-11-13-18(14-12-17)16-9-5-2-6-10-16;/h1-10H,11-14H2;. The molecule has 0 unspecified atom stereocenters. The van der Waals surface area contributed by atoms with Gasteiger partial charge in [-0.3, -0.25) is 0 Å². The van der Waals surface area contributed by atoms with E-state index in [2.05, 4.69) is 70.5 Å².